The number of carbonyl (C=O) groups excluding carboxylic acids is 1. The van der Waals surface area contributed by atoms with Crippen molar-refractivity contribution >= 4 is 5.91 Å². The van der Waals surface area contributed by atoms with Crippen LogP contribution in [0.3, 0.4) is 0 Å². The van der Waals surface area contributed by atoms with Crippen LogP contribution in [0.1, 0.15) is 38.2 Å². The van der Waals surface area contributed by atoms with Gasteiger partial charge in [0.05, 0.1) is 19.6 Å². The summed E-state index contributed by atoms with van der Waals surface area (Å²) in [6.07, 6.45) is 1.99. The molecule has 2 atom stereocenters. The van der Waals surface area contributed by atoms with Crippen molar-refractivity contribution in [2.75, 3.05) is 33.9 Å². The lowest BCUT2D eigenvalue weighted by atomic mass is 9.69. The number of nitrogens with one attached hydrogen (secondary N) is 1. The van der Waals surface area contributed by atoms with Crippen molar-refractivity contribution in [3.63, 3.8) is 0 Å². The molecule has 24 heavy (non-hydrogen) atoms. The molecule has 1 N–H and O–H groups in total. The molecule has 0 saturated carbocycles. The summed E-state index contributed by atoms with van der Waals surface area (Å²) < 4.78 is 10.8. The van der Waals surface area contributed by atoms with Crippen molar-refractivity contribution < 1.29 is 14.3 Å². The van der Waals surface area contributed by atoms with E-state index in [2.05, 4.69) is 25.2 Å². The van der Waals surface area contributed by atoms with Crippen molar-refractivity contribution in [1.29, 1.82) is 0 Å². The van der Waals surface area contributed by atoms with Crippen LogP contribution in [0.15, 0.2) is 18.2 Å². The third kappa shape index (κ3) is 2.65. The van der Waals surface area contributed by atoms with Gasteiger partial charge in [-0.05, 0) is 50.9 Å². The van der Waals surface area contributed by atoms with E-state index in [0.29, 0.717) is 5.91 Å². The van der Waals surface area contributed by atoms with Gasteiger partial charge >= 0.3 is 0 Å². The second-order valence-electron chi connectivity index (χ2n) is 7.15. The Morgan fingerprint density at radius 2 is 2.00 bits per heavy atom. The highest BCUT2D eigenvalue weighted by Crippen LogP contribution is 2.49. The molecule has 3 rings (SSSR count). The zero-order valence-corrected chi connectivity index (χ0v) is 15.1. The summed E-state index contributed by atoms with van der Waals surface area (Å²) in [5, 5.41) is 3.45. The Morgan fingerprint density at radius 3 is 2.58 bits per heavy atom. The Bertz CT molecular complexity index is 609. The maximum atomic E-state index is 13.2. The molecule has 2 unspecified atom stereocenters. The Hall–Kier alpha value is -1.75. The van der Waals surface area contributed by atoms with Crippen molar-refractivity contribution in [2.24, 2.45) is 5.41 Å². The van der Waals surface area contributed by atoms with E-state index in [1.165, 1.54) is 0 Å². The molecule has 2 aliphatic heterocycles. The minimum absolute atomic E-state index is 0.181. The zero-order valence-electron chi connectivity index (χ0n) is 15.1. The van der Waals surface area contributed by atoms with E-state index in [4.69, 9.17) is 9.47 Å². The van der Waals surface area contributed by atoms with Gasteiger partial charge in [0.1, 0.15) is 0 Å². The summed E-state index contributed by atoms with van der Waals surface area (Å²) in [4.78, 5) is 15.3. The highest BCUT2D eigenvalue weighted by atomic mass is 16.5. The minimum Gasteiger partial charge on any atom is -0.493 e. The Kier molecular flexibility index (Phi) is 4.72. The first-order valence-corrected chi connectivity index (χ1v) is 8.77. The van der Waals surface area contributed by atoms with Gasteiger partial charge in [-0.25, -0.2) is 0 Å². The number of piperidine rings is 1. The lowest BCUT2D eigenvalue weighted by Gasteiger charge is -2.37. The summed E-state index contributed by atoms with van der Waals surface area (Å²) in [6.45, 7) is 6.72. The molecule has 5 nitrogen and oxygen atoms in total. The minimum atomic E-state index is -0.331. The van der Waals surface area contributed by atoms with Crippen molar-refractivity contribution in [3.05, 3.63) is 23.8 Å². The van der Waals surface area contributed by atoms with Gasteiger partial charge in [-0.1, -0.05) is 6.07 Å². The molecule has 2 saturated heterocycles. The lowest BCUT2D eigenvalue weighted by molar-refractivity contribution is -0.138. The number of likely N-dealkylation sites (tertiary alicyclic amines) is 1. The second kappa shape index (κ2) is 6.63. The maximum absolute atomic E-state index is 13.2. The molecule has 1 aromatic rings. The van der Waals surface area contributed by atoms with E-state index in [1.807, 2.05) is 17.0 Å². The summed E-state index contributed by atoms with van der Waals surface area (Å²) >= 11 is 0. The molecule has 5 heteroatoms. The molecule has 0 bridgehead atoms. The third-order valence-electron chi connectivity index (χ3n) is 5.58. The molecule has 2 aliphatic rings. The Labute approximate surface area is 144 Å². The average molecular weight is 332 g/mol. The van der Waals surface area contributed by atoms with E-state index in [9.17, 15) is 4.79 Å². The van der Waals surface area contributed by atoms with Gasteiger partial charge in [0.2, 0.25) is 5.91 Å². The van der Waals surface area contributed by atoms with Crippen LogP contribution in [-0.4, -0.2) is 50.7 Å². The van der Waals surface area contributed by atoms with Crippen molar-refractivity contribution in [1.82, 2.24) is 10.2 Å². The normalized spacial score (nSPS) is 27.1. The zero-order chi connectivity index (χ0) is 17.3. The van der Waals surface area contributed by atoms with Gasteiger partial charge in [0.25, 0.3) is 0 Å². The number of hydrogen-bond donors (Lipinski definition) is 1. The fraction of sp³-hybridized carbons (Fsp3) is 0.632. The van der Waals surface area contributed by atoms with Crippen molar-refractivity contribution in [3.8, 4) is 11.5 Å². The van der Waals surface area contributed by atoms with Crippen LogP contribution >= 0.6 is 0 Å². The highest BCUT2D eigenvalue weighted by molar-refractivity contribution is 5.87. The summed E-state index contributed by atoms with van der Waals surface area (Å²) in [5.41, 5.74) is 0.829. The molecule has 1 amide bonds. The van der Waals surface area contributed by atoms with Gasteiger partial charge in [-0.3, -0.25) is 4.79 Å². The molecule has 2 fully saturated rings. The monoisotopic (exact) mass is 332 g/mol. The second-order valence-corrected chi connectivity index (χ2v) is 7.15. The number of rotatable bonds is 4. The average Bonchev–Trinajstić information content (AvgIpc) is 2.88. The predicted octanol–water partition coefficient (Wildman–Crippen LogP) is 2.41. The van der Waals surface area contributed by atoms with Gasteiger partial charge in [0, 0.05) is 25.0 Å². The lowest BCUT2D eigenvalue weighted by Crippen LogP contribution is -2.48. The van der Waals surface area contributed by atoms with E-state index in [0.717, 1.165) is 49.5 Å². The number of ether oxygens (including phenoxy) is 2. The first kappa shape index (κ1) is 17.1. The van der Waals surface area contributed by atoms with E-state index < -0.39 is 0 Å². The van der Waals surface area contributed by atoms with E-state index in [-0.39, 0.29) is 17.4 Å². The molecular formula is C19H28N2O3. The number of amides is 1. The number of hydrogen-bond acceptors (Lipinski definition) is 4. The van der Waals surface area contributed by atoms with E-state index >= 15 is 0 Å². The fourth-order valence-corrected chi connectivity index (χ4v) is 4.24. The maximum Gasteiger partial charge on any atom is 0.231 e. The highest BCUT2D eigenvalue weighted by Gasteiger charge is 2.55. The largest absolute Gasteiger partial charge is 0.493 e. The number of methoxy groups -OCH3 is 2. The molecule has 1 spiro atoms. The number of nitrogens with zero attached hydrogens (tertiary/aromatic N) is 1. The molecule has 0 radical (unpaired) electrons. The fourth-order valence-electron chi connectivity index (χ4n) is 4.24. The topological polar surface area (TPSA) is 50.8 Å². The van der Waals surface area contributed by atoms with Crippen LogP contribution in [0, 0.1) is 5.41 Å². The van der Waals surface area contributed by atoms with Crippen LogP contribution < -0.4 is 14.8 Å². The standard InChI is InChI=1S/C19H28N2O3/c1-13(2)21-11-15(19(18(21)22)8-5-9-20-12-19)14-6-7-16(23-3)17(10-14)24-4/h6-7,10,13,15,20H,5,8-9,11-12H2,1-4H3. The van der Waals surface area contributed by atoms with E-state index in [1.54, 1.807) is 14.2 Å². The summed E-state index contributed by atoms with van der Waals surface area (Å²) in [6, 6.07) is 6.29. The molecule has 132 valence electrons. The summed E-state index contributed by atoms with van der Waals surface area (Å²) in [7, 11) is 3.30. The molecule has 0 aromatic heterocycles. The molecule has 0 aliphatic carbocycles. The van der Waals surface area contributed by atoms with Gasteiger partial charge < -0.3 is 19.7 Å². The van der Waals surface area contributed by atoms with Gasteiger partial charge in [0.15, 0.2) is 11.5 Å². The third-order valence-corrected chi connectivity index (χ3v) is 5.58. The van der Waals surface area contributed by atoms with Crippen LogP contribution in [0.25, 0.3) is 0 Å². The SMILES string of the molecule is COc1ccc(C2CN(C(C)C)C(=O)C23CCCNC3)cc1OC. The van der Waals surface area contributed by atoms with Crippen LogP contribution in [0.2, 0.25) is 0 Å². The first-order chi connectivity index (χ1) is 11.5. The Morgan fingerprint density at radius 1 is 1.25 bits per heavy atom. The van der Waals surface area contributed by atoms with Gasteiger partial charge in [-0.2, -0.15) is 0 Å². The van der Waals surface area contributed by atoms with Gasteiger partial charge in [-0.15, -0.1) is 0 Å². The Balaban J connectivity index is 2.02. The predicted molar refractivity (Wildman–Crippen MR) is 93.7 cm³/mol. The number of carbonyl (C=O) groups is 1. The van der Waals surface area contributed by atoms with Crippen molar-refractivity contribution in [2.45, 2.75) is 38.6 Å². The smallest absolute Gasteiger partial charge is 0.231 e. The quantitative estimate of drug-likeness (QED) is 0.920. The van der Waals surface area contributed by atoms with Crippen LogP contribution in [0.5, 0.6) is 11.5 Å². The summed E-state index contributed by atoms with van der Waals surface area (Å²) in [5.74, 6) is 1.93. The van der Waals surface area contributed by atoms with Crippen LogP contribution in [-0.2, 0) is 4.79 Å². The van der Waals surface area contributed by atoms with Crippen LogP contribution in [0.4, 0.5) is 0 Å². The molecule has 1 aromatic carbocycles. The number of benzene rings is 1. The molecule has 2 heterocycles. The molecular weight excluding hydrogens is 304 g/mol. The first-order valence-electron chi connectivity index (χ1n) is 8.77.